The van der Waals surface area contributed by atoms with Gasteiger partial charge in [-0.1, -0.05) is 23.7 Å². The van der Waals surface area contributed by atoms with Gasteiger partial charge in [0.25, 0.3) is 5.69 Å². The monoisotopic (exact) mass is 294 g/mol. The van der Waals surface area contributed by atoms with Gasteiger partial charge in [0.15, 0.2) is 0 Å². The van der Waals surface area contributed by atoms with Crippen molar-refractivity contribution >= 4 is 34.7 Å². The van der Waals surface area contributed by atoms with Gasteiger partial charge in [-0.2, -0.15) is 0 Å². The average Bonchev–Trinajstić information content (AvgIpc) is 2.39. The minimum atomic E-state index is -0.427. The molecule has 0 aliphatic heterocycles. The lowest BCUT2D eigenvalue weighted by atomic mass is 10.2. The van der Waals surface area contributed by atoms with E-state index in [1.165, 1.54) is 23.9 Å². The minimum Gasteiger partial charge on any atom is -0.398 e. The lowest BCUT2D eigenvalue weighted by molar-refractivity contribution is -0.384. The Kier molecular flexibility index (Phi) is 4.29. The standard InChI is InChI=1S/C13H11ClN2O2S/c14-11-3-1-2-4-13(11)19-8-9-7-10(16(17)18)5-6-12(9)15/h1-7H,8,15H2. The predicted octanol–water partition coefficient (Wildman–Crippen LogP) is 4.12. The molecule has 19 heavy (non-hydrogen) atoms. The maximum absolute atomic E-state index is 10.7. The van der Waals surface area contributed by atoms with Crippen molar-refractivity contribution in [1.82, 2.24) is 0 Å². The third kappa shape index (κ3) is 3.39. The lowest BCUT2D eigenvalue weighted by Crippen LogP contribution is -1.95. The third-order valence-electron chi connectivity index (χ3n) is 2.56. The summed E-state index contributed by atoms with van der Waals surface area (Å²) in [6, 6.07) is 11.9. The number of benzene rings is 2. The van der Waals surface area contributed by atoms with Crippen LogP contribution < -0.4 is 5.73 Å². The molecule has 0 fully saturated rings. The highest BCUT2D eigenvalue weighted by Crippen LogP contribution is 2.32. The number of nitro groups is 1. The van der Waals surface area contributed by atoms with E-state index >= 15 is 0 Å². The molecule has 0 amide bonds. The summed E-state index contributed by atoms with van der Waals surface area (Å²) >= 11 is 7.55. The Morgan fingerprint density at radius 2 is 2.00 bits per heavy atom. The summed E-state index contributed by atoms with van der Waals surface area (Å²) < 4.78 is 0. The molecule has 0 aliphatic rings. The van der Waals surface area contributed by atoms with Crippen molar-refractivity contribution in [1.29, 1.82) is 0 Å². The molecule has 0 radical (unpaired) electrons. The molecule has 2 N–H and O–H groups in total. The molecule has 2 aromatic carbocycles. The number of hydrogen-bond acceptors (Lipinski definition) is 4. The molecule has 0 aliphatic carbocycles. The Morgan fingerprint density at radius 1 is 1.26 bits per heavy atom. The van der Waals surface area contributed by atoms with Gasteiger partial charge >= 0.3 is 0 Å². The second-order valence-electron chi connectivity index (χ2n) is 3.86. The molecule has 0 unspecified atom stereocenters. The first-order valence-corrected chi connectivity index (χ1v) is 6.84. The van der Waals surface area contributed by atoms with Crippen molar-refractivity contribution in [3.8, 4) is 0 Å². The SMILES string of the molecule is Nc1ccc([N+](=O)[O-])cc1CSc1ccccc1Cl. The number of hydrogen-bond donors (Lipinski definition) is 1. The van der Waals surface area contributed by atoms with Crippen LogP contribution in [0.1, 0.15) is 5.56 Å². The molecule has 2 rings (SSSR count). The zero-order valence-electron chi connectivity index (χ0n) is 9.88. The van der Waals surface area contributed by atoms with Crippen molar-refractivity contribution in [2.24, 2.45) is 0 Å². The van der Waals surface area contributed by atoms with E-state index in [2.05, 4.69) is 0 Å². The van der Waals surface area contributed by atoms with Crippen LogP contribution in [0.4, 0.5) is 11.4 Å². The van der Waals surface area contributed by atoms with E-state index in [0.29, 0.717) is 16.5 Å². The van der Waals surface area contributed by atoms with Gasteiger partial charge in [-0.15, -0.1) is 11.8 Å². The number of halogens is 1. The molecule has 0 aromatic heterocycles. The van der Waals surface area contributed by atoms with Crippen LogP contribution in [0.3, 0.4) is 0 Å². The van der Waals surface area contributed by atoms with Crippen LogP contribution in [0.2, 0.25) is 5.02 Å². The van der Waals surface area contributed by atoms with Crippen LogP contribution in [-0.2, 0) is 5.75 Å². The number of nitrogens with zero attached hydrogens (tertiary/aromatic N) is 1. The first-order valence-electron chi connectivity index (χ1n) is 5.48. The van der Waals surface area contributed by atoms with E-state index in [4.69, 9.17) is 17.3 Å². The Labute approximate surface area is 119 Å². The quantitative estimate of drug-likeness (QED) is 0.398. The van der Waals surface area contributed by atoms with Crippen molar-refractivity contribution in [3.63, 3.8) is 0 Å². The molecule has 0 saturated carbocycles. The molecule has 98 valence electrons. The van der Waals surface area contributed by atoms with E-state index in [1.807, 2.05) is 18.2 Å². The third-order valence-corrected chi connectivity index (χ3v) is 4.12. The maximum atomic E-state index is 10.7. The molecule has 4 nitrogen and oxygen atoms in total. The van der Waals surface area contributed by atoms with Gasteiger partial charge in [0.1, 0.15) is 0 Å². The average molecular weight is 295 g/mol. The van der Waals surface area contributed by atoms with Crippen LogP contribution in [0.5, 0.6) is 0 Å². The molecule has 0 saturated heterocycles. The second-order valence-corrected chi connectivity index (χ2v) is 5.28. The number of thioether (sulfide) groups is 1. The molecular formula is C13H11ClN2O2S. The van der Waals surface area contributed by atoms with Crippen LogP contribution in [0, 0.1) is 10.1 Å². The van der Waals surface area contributed by atoms with E-state index in [0.717, 1.165) is 10.5 Å². The van der Waals surface area contributed by atoms with E-state index < -0.39 is 4.92 Å². The summed E-state index contributed by atoms with van der Waals surface area (Å²) in [5.41, 5.74) is 7.15. The predicted molar refractivity (Wildman–Crippen MR) is 78.5 cm³/mol. The van der Waals surface area contributed by atoms with Crippen molar-refractivity contribution < 1.29 is 4.92 Å². The summed E-state index contributed by atoms with van der Waals surface area (Å²) in [7, 11) is 0. The van der Waals surface area contributed by atoms with Crippen LogP contribution >= 0.6 is 23.4 Å². The van der Waals surface area contributed by atoms with Gasteiger partial charge in [0.05, 0.1) is 9.95 Å². The first-order chi connectivity index (χ1) is 9.08. The van der Waals surface area contributed by atoms with E-state index in [1.54, 1.807) is 12.1 Å². The smallest absolute Gasteiger partial charge is 0.269 e. The molecule has 0 spiro atoms. The van der Waals surface area contributed by atoms with Gasteiger partial charge in [-0.05, 0) is 23.8 Å². The first kappa shape index (κ1) is 13.7. The number of nitrogen functional groups attached to an aromatic ring is 1. The largest absolute Gasteiger partial charge is 0.398 e. The topological polar surface area (TPSA) is 69.2 Å². The molecule has 0 bridgehead atoms. The fourth-order valence-electron chi connectivity index (χ4n) is 1.55. The zero-order valence-corrected chi connectivity index (χ0v) is 11.4. The van der Waals surface area contributed by atoms with Crippen LogP contribution in [0.25, 0.3) is 0 Å². The molecule has 0 heterocycles. The van der Waals surface area contributed by atoms with E-state index in [9.17, 15) is 10.1 Å². The van der Waals surface area contributed by atoms with Crippen molar-refractivity contribution in [2.45, 2.75) is 10.6 Å². The van der Waals surface area contributed by atoms with Crippen molar-refractivity contribution in [2.75, 3.05) is 5.73 Å². The van der Waals surface area contributed by atoms with Crippen molar-refractivity contribution in [3.05, 3.63) is 63.2 Å². The molecule has 0 atom stereocenters. The summed E-state index contributed by atoms with van der Waals surface area (Å²) in [4.78, 5) is 11.2. The molecule has 2 aromatic rings. The second kappa shape index (κ2) is 5.95. The van der Waals surface area contributed by atoms with Gasteiger partial charge in [-0.25, -0.2) is 0 Å². The minimum absolute atomic E-state index is 0.0453. The van der Waals surface area contributed by atoms with Gasteiger partial charge < -0.3 is 5.73 Å². The molecule has 6 heteroatoms. The molecular weight excluding hydrogens is 284 g/mol. The van der Waals surface area contributed by atoms with Crippen LogP contribution in [-0.4, -0.2) is 4.92 Å². The highest BCUT2D eigenvalue weighted by molar-refractivity contribution is 7.98. The van der Waals surface area contributed by atoms with Crippen LogP contribution in [0.15, 0.2) is 47.4 Å². The number of rotatable bonds is 4. The fourth-order valence-corrected chi connectivity index (χ4v) is 2.79. The van der Waals surface area contributed by atoms with Gasteiger partial charge in [-0.3, -0.25) is 10.1 Å². The fraction of sp³-hybridized carbons (Fsp3) is 0.0769. The highest BCUT2D eigenvalue weighted by atomic mass is 35.5. The highest BCUT2D eigenvalue weighted by Gasteiger charge is 2.10. The summed E-state index contributed by atoms with van der Waals surface area (Å²) in [5, 5.41) is 11.4. The zero-order chi connectivity index (χ0) is 13.8. The summed E-state index contributed by atoms with van der Waals surface area (Å²) in [6.07, 6.45) is 0. The van der Waals surface area contributed by atoms with Gasteiger partial charge in [0.2, 0.25) is 0 Å². The Bertz CT molecular complexity index is 619. The number of nitro benzene ring substituents is 1. The maximum Gasteiger partial charge on any atom is 0.269 e. The summed E-state index contributed by atoms with van der Waals surface area (Å²) in [6.45, 7) is 0. The number of non-ortho nitro benzene ring substituents is 1. The van der Waals surface area contributed by atoms with E-state index in [-0.39, 0.29) is 5.69 Å². The number of nitrogens with two attached hydrogens (primary N) is 1. The number of anilines is 1. The normalized spacial score (nSPS) is 10.4. The van der Waals surface area contributed by atoms with Gasteiger partial charge in [0, 0.05) is 28.5 Å². The summed E-state index contributed by atoms with van der Waals surface area (Å²) in [5.74, 6) is 0.539. The lowest BCUT2D eigenvalue weighted by Gasteiger charge is -2.06. The Morgan fingerprint density at radius 3 is 2.68 bits per heavy atom. The Balaban J connectivity index is 2.17. The Hall–Kier alpha value is -1.72.